The SMILES string of the molecule is CC(=O)N(/N=C/c1ccc(F)cc1)C1=NN(C(C)=O)C(c2ccc(F)cc2)S1. The van der Waals surface area contributed by atoms with Crippen LogP contribution in [0, 0.1) is 11.6 Å². The van der Waals surface area contributed by atoms with Crippen LogP contribution in [0.2, 0.25) is 0 Å². The molecule has 0 radical (unpaired) electrons. The van der Waals surface area contributed by atoms with Crippen molar-refractivity contribution in [2.45, 2.75) is 19.2 Å². The van der Waals surface area contributed by atoms with Crippen LogP contribution in [0.5, 0.6) is 0 Å². The number of carbonyl (C=O) groups is 2. The molecule has 0 aromatic heterocycles. The number of amidine groups is 1. The fourth-order valence-corrected chi connectivity index (χ4v) is 3.62. The number of carbonyl (C=O) groups excluding carboxylic acids is 2. The lowest BCUT2D eigenvalue weighted by Crippen LogP contribution is -2.27. The average molecular weight is 402 g/mol. The molecule has 28 heavy (non-hydrogen) atoms. The van der Waals surface area contributed by atoms with Crippen LogP contribution in [-0.4, -0.2) is 33.2 Å². The minimum atomic E-state index is -0.545. The summed E-state index contributed by atoms with van der Waals surface area (Å²) in [6.07, 6.45) is 1.40. The van der Waals surface area contributed by atoms with Gasteiger partial charge in [-0.3, -0.25) is 9.59 Å². The van der Waals surface area contributed by atoms with E-state index in [0.717, 1.165) is 16.8 Å². The molecule has 0 fully saturated rings. The number of amides is 2. The van der Waals surface area contributed by atoms with Crippen LogP contribution in [-0.2, 0) is 9.59 Å². The highest BCUT2D eigenvalue weighted by Gasteiger charge is 2.35. The zero-order valence-corrected chi connectivity index (χ0v) is 15.9. The van der Waals surface area contributed by atoms with Gasteiger partial charge in [0.2, 0.25) is 17.0 Å². The molecule has 3 rings (SSSR count). The molecule has 144 valence electrons. The zero-order chi connectivity index (χ0) is 20.3. The van der Waals surface area contributed by atoms with E-state index >= 15 is 0 Å². The molecule has 1 heterocycles. The molecule has 9 heteroatoms. The van der Waals surface area contributed by atoms with E-state index in [-0.39, 0.29) is 16.9 Å². The maximum absolute atomic E-state index is 13.2. The van der Waals surface area contributed by atoms with E-state index in [9.17, 15) is 18.4 Å². The highest BCUT2D eigenvalue weighted by Crippen LogP contribution is 2.40. The monoisotopic (exact) mass is 402 g/mol. The van der Waals surface area contributed by atoms with Gasteiger partial charge in [0.15, 0.2) is 0 Å². The number of halogens is 2. The molecule has 1 unspecified atom stereocenters. The van der Waals surface area contributed by atoms with Gasteiger partial charge in [-0.15, -0.1) is 5.10 Å². The van der Waals surface area contributed by atoms with Gasteiger partial charge in [0.1, 0.15) is 17.0 Å². The Bertz CT molecular complexity index is 945. The van der Waals surface area contributed by atoms with Gasteiger partial charge in [-0.25, -0.2) is 13.8 Å². The lowest BCUT2D eigenvalue weighted by atomic mass is 10.2. The lowest BCUT2D eigenvalue weighted by molar-refractivity contribution is -0.130. The highest BCUT2D eigenvalue weighted by molar-refractivity contribution is 8.14. The van der Waals surface area contributed by atoms with Crippen LogP contribution in [0.4, 0.5) is 8.78 Å². The first kappa shape index (κ1) is 19.7. The first-order chi connectivity index (χ1) is 13.3. The summed E-state index contributed by atoms with van der Waals surface area (Å²) in [5.41, 5.74) is 1.25. The molecule has 0 saturated heterocycles. The number of nitrogens with zero attached hydrogens (tertiary/aromatic N) is 4. The van der Waals surface area contributed by atoms with Gasteiger partial charge in [-0.1, -0.05) is 36.0 Å². The lowest BCUT2D eigenvalue weighted by Gasteiger charge is -2.19. The van der Waals surface area contributed by atoms with Crippen molar-refractivity contribution in [1.29, 1.82) is 0 Å². The number of benzene rings is 2. The Morgan fingerprint density at radius 2 is 1.64 bits per heavy atom. The quantitative estimate of drug-likeness (QED) is 0.581. The van der Waals surface area contributed by atoms with Crippen molar-refractivity contribution in [3.63, 3.8) is 0 Å². The molecule has 2 aromatic carbocycles. The third-order valence-electron chi connectivity index (χ3n) is 3.78. The van der Waals surface area contributed by atoms with Gasteiger partial charge >= 0.3 is 0 Å². The molecule has 2 amide bonds. The van der Waals surface area contributed by atoms with Crippen LogP contribution in [0.25, 0.3) is 0 Å². The van der Waals surface area contributed by atoms with E-state index in [2.05, 4.69) is 10.2 Å². The van der Waals surface area contributed by atoms with Gasteiger partial charge in [-0.2, -0.15) is 10.1 Å². The molecular formula is C19H16F2N4O2S. The van der Waals surface area contributed by atoms with Crippen molar-refractivity contribution in [3.8, 4) is 0 Å². The second kappa shape index (κ2) is 8.30. The van der Waals surface area contributed by atoms with E-state index in [0.29, 0.717) is 11.1 Å². The van der Waals surface area contributed by atoms with Crippen molar-refractivity contribution < 1.29 is 18.4 Å². The second-order valence-corrected chi connectivity index (χ2v) is 6.94. The zero-order valence-electron chi connectivity index (χ0n) is 15.0. The van der Waals surface area contributed by atoms with E-state index in [1.807, 2.05) is 0 Å². The van der Waals surface area contributed by atoms with Gasteiger partial charge in [0, 0.05) is 13.8 Å². The molecule has 0 saturated carbocycles. The second-order valence-electron chi connectivity index (χ2n) is 5.89. The van der Waals surface area contributed by atoms with E-state index in [4.69, 9.17) is 0 Å². The predicted octanol–water partition coefficient (Wildman–Crippen LogP) is 3.71. The molecule has 0 N–H and O–H groups in total. The number of hydrogen-bond donors (Lipinski definition) is 0. The first-order valence-electron chi connectivity index (χ1n) is 8.26. The summed E-state index contributed by atoms with van der Waals surface area (Å²) < 4.78 is 26.2. The van der Waals surface area contributed by atoms with Crippen molar-refractivity contribution in [2.24, 2.45) is 10.2 Å². The molecule has 1 atom stereocenters. The van der Waals surface area contributed by atoms with Gasteiger partial charge in [0.25, 0.3) is 0 Å². The maximum Gasteiger partial charge on any atom is 0.246 e. The number of hydrazone groups is 2. The molecule has 6 nitrogen and oxygen atoms in total. The minimum Gasteiger partial charge on any atom is -0.273 e. The van der Waals surface area contributed by atoms with Crippen LogP contribution >= 0.6 is 11.8 Å². The van der Waals surface area contributed by atoms with E-state index in [1.165, 1.54) is 61.5 Å². The van der Waals surface area contributed by atoms with Gasteiger partial charge in [-0.05, 0) is 35.4 Å². The summed E-state index contributed by atoms with van der Waals surface area (Å²) in [6.45, 7) is 2.66. The first-order valence-corrected chi connectivity index (χ1v) is 9.14. The highest BCUT2D eigenvalue weighted by atomic mass is 32.2. The Balaban J connectivity index is 1.87. The summed E-state index contributed by atoms with van der Waals surface area (Å²) in [6, 6.07) is 11.3. The van der Waals surface area contributed by atoms with Crippen molar-refractivity contribution in [2.75, 3.05) is 0 Å². The third-order valence-corrected chi connectivity index (χ3v) is 4.94. The fourth-order valence-electron chi connectivity index (χ4n) is 2.42. The molecule has 1 aliphatic heterocycles. The van der Waals surface area contributed by atoms with Crippen LogP contribution < -0.4 is 0 Å². The smallest absolute Gasteiger partial charge is 0.246 e. The summed E-state index contributed by atoms with van der Waals surface area (Å²) >= 11 is 1.14. The summed E-state index contributed by atoms with van der Waals surface area (Å²) in [5.74, 6) is -1.51. The molecule has 2 aromatic rings. The summed E-state index contributed by atoms with van der Waals surface area (Å²) in [5, 5.41) is 10.3. The summed E-state index contributed by atoms with van der Waals surface area (Å²) in [7, 11) is 0. The standard InChI is InChI=1S/C19H16F2N4O2S/c1-12(26)24-18(15-5-9-17(21)10-6-15)28-19(23-24)25(13(2)27)22-11-14-3-7-16(20)8-4-14/h3-11,18H,1-2H3/b22-11+. The normalized spacial score (nSPS) is 16.4. The maximum atomic E-state index is 13.2. The van der Waals surface area contributed by atoms with Gasteiger partial charge in [0.05, 0.1) is 6.21 Å². The topological polar surface area (TPSA) is 65.3 Å². The van der Waals surface area contributed by atoms with Gasteiger partial charge < -0.3 is 0 Å². The Morgan fingerprint density at radius 3 is 2.18 bits per heavy atom. The molecule has 0 spiro atoms. The molecular weight excluding hydrogens is 386 g/mol. The van der Waals surface area contributed by atoms with E-state index in [1.54, 1.807) is 12.1 Å². The molecule has 0 bridgehead atoms. The van der Waals surface area contributed by atoms with Crippen LogP contribution in [0.3, 0.4) is 0 Å². The van der Waals surface area contributed by atoms with Crippen molar-refractivity contribution in [1.82, 2.24) is 10.0 Å². The van der Waals surface area contributed by atoms with Crippen molar-refractivity contribution in [3.05, 3.63) is 71.3 Å². The van der Waals surface area contributed by atoms with Crippen molar-refractivity contribution >= 4 is 35.0 Å². The van der Waals surface area contributed by atoms with E-state index < -0.39 is 17.1 Å². The largest absolute Gasteiger partial charge is 0.273 e. The molecule has 0 aliphatic carbocycles. The third kappa shape index (κ3) is 4.42. The summed E-state index contributed by atoms with van der Waals surface area (Å²) in [4.78, 5) is 24.1. The Morgan fingerprint density at radius 1 is 1.07 bits per heavy atom. The minimum absolute atomic E-state index is 0.204. The Kier molecular flexibility index (Phi) is 5.84. The number of rotatable bonds is 3. The fraction of sp³-hybridized carbons (Fsp3) is 0.158. The number of hydrogen-bond acceptors (Lipinski definition) is 5. The Hall–Kier alpha value is -3.07. The number of thioether (sulfide) groups is 1. The molecule has 1 aliphatic rings. The van der Waals surface area contributed by atoms with Crippen LogP contribution in [0.1, 0.15) is 30.3 Å². The predicted molar refractivity (Wildman–Crippen MR) is 103 cm³/mol. The average Bonchev–Trinajstić information content (AvgIpc) is 3.09. The van der Waals surface area contributed by atoms with Crippen LogP contribution in [0.15, 0.2) is 58.7 Å². The Labute approximate surface area is 164 Å².